The molecule has 0 saturated carbocycles. The van der Waals surface area contributed by atoms with Crippen LogP contribution >= 0.6 is 31.9 Å². The van der Waals surface area contributed by atoms with Crippen molar-refractivity contribution in [3.8, 4) is 5.75 Å². The summed E-state index contributed by atoms with van der Waals surface area (Å²) in [6.45, 7) is 7.92. The minimum atomic E-state index is 0.636. The SMILES string of the molecule is CCOc1c(Br)cc(Br)cc1CNCc1c(C)noc1C. The molecule has 21 heavy (non-hydrogen) atoms. The molecule has 0 fully saturated rings. The minimum absolute atomic E-state index is 0.636. The lowest BCUT2D eigenvalue weighted by molar-refractivity contribution is 0.333. The van der Waals surface area contributed by atoms with E-state index in [0.29, 0.717) is 13.2 Å². The Kier molecular flexibility index (Phi) is 5.84. The highest BCUT2D eigenvalue weighted by atomic mass is 79.9. The fourth-order valence-corrected chi connectivity index (χ4v) is 3.56. The third kappa shape index (κ3) is 4.08. The van der Waals surface area contributed by atoms with Gasteiger partial charge in [0.05, 0.1) is 16.8 Å². The van der Waals surface area contributed by atoms with Gasteiger partial charge in [-0.25, -0.2) is 0 Å². The fourth-order valence-electron chi connectivity index (χ4n) is 2.13. The summed E-state index contributed by atoms with van der Waals surface area (Å²) in [4.78, 5) is 0. The lowest BCUT2D eigenvalue weighted by Crippen LogP contribution is -2.15. The molecule has 1 heterocycles. The average molecular weight is 418 g/mol. The number of benzene rings is 1. The molecule has 0 saturated heterocycles. The van der Waals surface area contributed by atoms with E-state index in [1.807, 2.05) is 26.8 Å². The Morgan fingerprint density at radius 3 is 2.62 bits per heavy atom. The Hall–Kier alpha value is -0.850. The molecule has 2 aromatic rings. The molecule has 114 valence electrons. The van der Waals surface area contributed by atoms with Crippen LogP contribution in [0.3, 0.4) is 0 Å². The highest BCUT2D eigenvalue weighted by Gasteiger charge is 2.12. The van der Waals surface area contributed by atoms with E-state index in [1.54, 1.807) is 0 Å². The van der Waals surface area contributed by atoms with Gasteiger partial charge < -0.3 is 14.6 Å². The van der Waals surface area contributed by atoms with Crippen LogP contribution in [0.4, 0.5) is 0 Å². The number of ether oxygens (including phenoxy) is 1. The molecule has 0 aliphatic carbocycles. The van der Waals surface area contributed by atoms with Gasteiger partial charge in [-0.3, -0.25) is 0 Å². The first kappa shape index (κ1) is 16.5. The van der Waals surface area contributed by atoms with Crippen molar-refractivity contribution in [3.05, 3.63) is 43.7 Å². The molecule has 0 unspecified atom stereocenters. The zero-order valence-corrected chi connectivity index (χ0v) is 15.5. The minimum Gasteiger partial charge on any atom is -0.492 e. The van der Waals surface area contributed by atoms with Crippen LogP contribution in [0.2, 0.25) is 0 Å². The van der Waals surface area contributed by atoms with Crippen LogP contribution < -0.4 is 10.1 Å². The Morgan fingerprint density at radius 2 is 2.00 bits per heavy atom. The summed E-state index contributed by atoms with van der Waals surface area (Å²) in [5, 5.41) is 7.38. The first-order chi connectivity index (χ1) is 10.0. The Bertz CT molecular complexity index is 607. The van der Waals surface area contributed by atoms with Gasteiger partial charge in [0.15, 0.2) is 0 Å². The molecule has 0 atom stereocenters. The summed E-state index contributed by atoms with van der Waals surface area (Å²) in [6, 6.07) is 4.05. The summed E-state index contributed by atoms with van der Waals surface area (Å²) in [5.41, 5.74) is 3.15. The van der Waals surface area contributed by atoms with Crippen LogP contribution in [0.5, 0.6) is 5.75 Å². The van der Waals surface area contributed by atoms with Crippen molar-refractivity contribution in [3.63, 3.8) is 0 Å². The van der Waals surface area contributed by atoms with Crippen molar-refractivity contribution in [2.75, 3.05) is 6.61 Å². The van der Waals surface area contributed by atoms with E-state index in [4.69, 9.17) is 9.26 Å². The van der Waals surface area contributed by atoms with Crippen LogP contribution in [0.1, 0.15) is 29.5 Å². The number of aromatic nitrogens is 1. The molecular weight excluding hydrogens is 400 g/mol. The second-order valence-corrected chi connectivity index (χ2v) is 6.49. The van der Waals surface area contributed by atoms with Crippen molar-refractivity contribution in [2.24, 2.45) is 0 Å². The van der Waals surface area contributed by atoms with Crippen molar-refractivity contribution in [1.29, 1.82) is 0 Å². The Labute approximate surface area is 141 Å². The van der Waals surface area contributed by atoms with E-state index in [9.17, 15) is 0 Å². The first-order valence-corrected chi connectivity index (χ1v) is 8.34. The molecule has 0 amide bonds. The number of rotatable bonds is 6. The molecule has 0 bridgehead atoms. The Balaban J connectivity index is 2.09. The van der Waals surface area contributed by atoms with Gasteiger partial charge in [-0.15, -0.1) is 0 Å². The van der Waals surface area contributed by atoms with Crippen molar-refractivity contribution >= 4 is 31.9 Å². The van der Waals surface area contributed by atoms with Gasteiger partial charge in [0.25, 0.3) is 0 Å². The molecule has 0 radical (unpaired) electrons. The van der Waals surface area contributed by atoms with E-state index in [-0.39, 0.29) is 0 Å². The molecule has 0 aliphatic heterocycles. The lowest BCUT2D eigenvalue weighted by Gasteiger charge is -2.13. The van der Waals surface area contributed by atoms with Gasteiger partial charge >= 0.3 is 0 Å². The van der Waals surface area contributed by atoms with Crippen molar-refractivity contribution in [2.45, 2.75) is 33.9 Å². The quantitative estimate of drug-likeness (QED) is 0.751. The van der Waals surface area contributed by atoms with Crippen molar-refractivity contribution < 1.29 is 9.26 Å². The molecule has 0 aliphatic rings. The first-order valence-electron chi connectivity index (χ1n) is 6.76. The smallest absolute Gasteiger partial charge is 0.138 e. The van der Waals surface area contributed by atoms with Gasteiger partial charge in [0, 0.05) is 28.7 Å². The predicted octanol–water partition coefficient (Wildman–Crippen LogP) is 4.50. The Morgan fingerprint density at radius 1 is 1.24 bits per heavy atom. The zero-order chi connectivity index (χ0) is 15.4. The van der Waals surface area contributed by atoms with Gasteiger partial charge in [0.2, 0.25) is 0 Å². The third-order valence-corrected chi connectivity index (χ3v) is 4.22. The summed E-state index contributed by atoms with van der Waals surface area (Å²) in [7, 11) is 0. The number of aryl methyl sites for hydroxylation is 2. The number of nitrogens with one attached hydrogen (secondary N) is 1. The molecule has 6 heteroatoms. The highest BCUT2D eigenvalue weighted by molar-refractivity contribution is 9.11. The predicted molar refractivity (Wildman–Crippen MR) is 89.5 cm³/mol. The van der Waals surface area contributed by atoms with Crippen LogP contribution in [0.25, 0.3) is 0 Å². The number of halogens is 2. The molecule has 1 aromatic carbocycles. The molecule has 1 N–H and O–H groups in total. The molecular formula is C15H18Br2N2O2. The van der Waals surface area contributed by atoms with E-state index in [1.165, 1.54) is 0 Å². The second kappa shape index (κ2) is 7.42. The lowest BCUT2D eigenvalue weighted by atomic mass is 10.1. The van der Waals surface area contributed by atoms with Gasteiger partial charge in [-0.2, -0.15) is 0 Å². The summed E-state index contributed by atoms with van der Waals surface area (Å²) in [5.74, 6) is 1.74. The molecule has 4 nitrogen and oxygen atoms in total. The summed E-state index contributed by atoms with van der Waals surface area (Å²) >= 11 is 7.06. The van der Waals surface area contributed by atoms with E-state index in [0.717, 1.165) is 43.8 Å². The van der Waals surface area contributed by atoms with Crippen LogP contribution in [0, 0.1) is 13.8 Å². The second-order valence-electron chi connectivity index (χ2n) is 4.72. The average Bonchev–Trinajstić information content (AvgIpc) is 2.74. The largest absolute Gasteiger partial charge is 0.492 e. The standard InChI is InChI=1S/C15H18Br2N2O2/c1-4-20-15-11(5-12(16)6-14(15)17)7-18-8-13-9(2)19-21-10(13)3/h5-6,18H,4,7-8H2,1-3H3. The molecule has 1 aromatic heterocycles. The van der Waals surface area contributed by atoms with E-state index in [2.05, 4.69) is 48.4 Å². The normalized spacial score (nSPS) is 10.9. The summed E-state index contributed by atoms with van der Waals surface area (Å²) in [6.07, 6.45) is 0. The van der Waals surface area contributed by atoms with Crippen LogP contribution in [-0.4, -0.2) is 11.8 Å². The maximum absolute atomic E-state index is 5.72. The van der Waals surface area contributed by atoms with E-state index >= 15 is 0 Å². The van der Waals surface area contributed by atoms with Crippen molar-refractivity contribution in [1.82, 2.24) is 10.5 Å². The fraction of sp³-hybridized carbons (Fsp3) is 0.400. The highest BCUT2D eigenvalue weighted by Crippen LogP contribution is 2.33. The summed E-state index contributed by atoms with van der Waals surface area (Å²) < 4.78 is 12.9. The molecule has 2 rings (SSSR count). The zero-order valence-electron chi connectivity index (χ0n) is 12.3. The maximum atomic E-state index is 5.72. The van der Waals surface area contributed by atoms with Crippen LogP contribution in [-0.2, 0) is 13.1 Å². The number of hydrogen-bond donors (Lipinski definition) is 1. The van der Waals surface area contributed by atoms with Crippen LogP contribution in [0.15, 0.2) is 25.6 Å². The van der Waals surface area contributed by atoms with E-state index < -0.39 is 0 Å². The van der Waals surface area contributed by atoms with Gasteiger partial charge in [-0.1, -0.05) is 21.1 Å². The monoisotopic (exact) mass is 416 g/mol. The van der Waals surface area contributed by atoms with Gasteiger partial charge in [-0.05, 0) is 48.8 Å². The number of nitrogens with zero attached hydrogens (tertiary/aromatic N) is 1. The maximum Gasteiger partial charge on any atom is 0.138 e. The van der Waals surface area contributed by atoms with Gasteiger partial charge in [0.1, 0.15) is 11.5 Å². The molecule has 0 spiro atoms. The topological polar surface area (TPSA) is 47.3 Å². The number of hydrogen-bond acceptors (Lipinski definition) is 4. The third-order valence-electron chi connectivity index (χ3n) is 3.17.